The van der Waals surface area contributed by atoms with Crippen LogP contribution in [-0.2, 0) is 4.79 Å². The van der Waals surface area contributed by atoms with Crippen molar-refractivity contribution in [3.05, 3.63) is 65.7 Å². The van der Waals surface area contributed by atoms with Crippen LogP contribution < -0.4 is 0 Å². The number of benzene rings is 2. The number of phenols is 1. The number of hydrogen-bond acceptors (Lipinski definition) is 3. The van der Waals surface area contributed by atoms with Crippen molar-refractivity contribution >= 4 is 5.97 Å². The molecule has 1 atom stereocenters. The molecule has 4 heteroatoms. The third-order valence-electron chi connectivity index (χ3n) is 4.59. The van der Waals surface area contributed by atoms with Gasteiger partial charge in [0.1, 0.15) is 5.75 Å². The Morgan fingerprint density at radius 3 is 2.22 bits per heavy atom. The third kappa shape index (κ3) is 3.37. The van der Waals surface area contributed by atoms with Crippen LogP contribution in [0.4, 0.5) is 0 Å². The van der Waals surface area contributed by atoms with Crippen LogP contribution in [0.1, 0.15) is 30.0 Å². The van der Waals surface area contributed by atoms with Crippen molar-refractivity contribution in [2.45, 2.75) is 18.9 Å². The van der Waals surface area contributed by atoms with E-state index in [0.29, 0.717) is 25.9 Å². The number of carbonyl (C=O) groups is 1. The van der Waals surface area contributed by atoms with Crippen molar-refractivity contribution in [3.63, 3.8) is 0 Å². The molecule has 0 amide bonds. The highest BCUT2D eigenvalue weighted by atomic mass is 16.4. The van der Waals surface area contributed by atoms with Crippen molar-refractivity contribution in [1.29, 1.82) is 0 Å². The molecular weight excluding hydrogens is 290 g/mol. The smallest absolute Gasteiger partial charge is 0.306 e. The number of carboxylic acid groups (broad SMARTS) is 1. The maximum atomic E-state index is 11.2. The fraction of sp³-hybridized carbons (Fsp3) is 0.316. The van der Waals surface area contributed by atoms with Gasteiger partial charge in [0.25, 0.3) is 0 Å². The van der Waals surface area contributed by atoms with Crippen molar-refractivity contribution in [1.82, 2.24) is 4.90 Å². The first-order valence-corrected chi connectivity index (χ1v) is 7.96. The third-order valence-corrected chi connectivity index (χ3v) is 4.59. The average Bonchev–Trinajstić information content (AvgIpc) is 2.58. The van der Waals surface area contributed by atoms with Gasteiger partial charge in [-0.05, 0) is 37.6 Å². The van der Waals surface area contributed by atoms with Gasteiger partial charge in [-0.1, -0.05) is 48.5 Å². The number of carboxylic acids is 1. The van der Waals surface area contributed by atoms with E-state index in [2.05, 4.69) is 17.0 Å². The lowest BCUT2D eigenvalue weighted by Crippen LogP contribution is -2.39. The summed E-state index contributed by atoms with van der Waals surface area (Å²) in [6, 6.07) is 17.4. The molecule has 0 radical (unpaired) electrons. The van der Waals surface area contributed by atoms with Gasteiger partial charge in [-0.25, -0.2) is 0 Å². The van der Waals surface area contributed by atoms with Gasteiger partial charge >= 0.3 is 5.97 Å². The number of nitrogens with zero attached hydrogens (tertiary/aromatic N) is 1. The van der Waals surface area contributed by atoms with Gasteiger partial charge in [-0.3, -0.25) is 9.69 Å². The van der Waals surface area contributed by atoms with E-state index in [0.717, 1.165) is 11.1 Å². The molecule has 0 aromatic heterocycles. The minimum Gasteiger partial charge on any atom is -0.508 e. The number of para-hydroxylation sites is 1. The molecule has 0 bridgehead atoms. The van der Waals surface area contributed by atoms with Gasteiger partial charge in [0.2, 0.25) is 0 Å². The lowest BCUT2D eigenvalue weighted by atomic mass is 9.91. The predicted octanol–water partition coefficient (Wildman–Crippen LogP) is 3.28. The fourth-order valence-corrected chi connectivity index (χ4v) is 3.35. The van der Waals surface area contributed by atoms with Gasteiger partial charge in [0, 0.05) is 5.56 Å². The maximum Gasteiger partial charge on any atom is 0.306 e. The largest absolute Gasteiger partial charge is 0.508 e. The molecule has 23 heavy (non-hydrogen) atoms. The van der Waals surface area contributed by atoms with E-state index in [1.807, 2.05) is 36.4 Å². The lowest BCUT2D eigenvalue weighted by Gasteiger charge is -2.37. The molecule has 3 rings (SSSR count). The van der Waals surface area contributed by atoms with E-state index in [1.165, 1.54) is 0 Å². The van der Waals surface area contributed by atoms with E-state index >= 15 is 0 Å². The molecule has 2 aromatic carbocycles. The Morgan fingerprint density at radius 1 is 1.00 bits per heavy atom. The fourth-order valence-electron chi connectivity index (χ4n) is 3.35. The standard InChI is InChI=1S/C19H21NO3/c21-17-9-5-4-8-16(17)18(14-6-2-1-3-7-14)20-12-10-15(11-13-20)19(22)23/h1-9,15,18,21H,10-13H2,(H,22,23)/t18-/m0/s1. The number of hydrogen-bond donors (Lipinski definition) is 2. The summed E-state index contributed by atoms with van der Waals surface area (Å²) in [6.45, 7) is 1.43. The molecular formula is C19H21NO3. The van der Waals surface area contributed by atoms with Crippen LogP contribution in [0.15, 0.2) is 54.6 Å². The Balaban J connectivity index is 1.91. The second-order valence-electron chi connectivity index (χ2n) is 6.02. The van der Waals surface area contributed by atoms with E-state index in [9.17, 15) is 15.0 Å². The van der Waals surface area contributed by atoms with Crippen LogP contribution in [0, 0.1) is 5.92 Å². The average molecular weight is 311 g/mol. The molecule has 0 saturated carbocycles. The van der Waals surface area contributed by atoms with Crippen LogP contribution >= 0.6 is 0 Å². The Kier molecular flexibility index (Phi) is 4.63. The highest BCUT2D eigenvalue weighted by Gasteiger charge is 2.31. The molecule has 2 aromatic rings. The van der Waals surface area contributed by atoms with E-state index in [-0.39, 0.29) is 17.7 Å². The van der Waals surface area contributed by atoms with Gasteiger partial charge in [0.05, 0.1) is 12.0 Å². The SMILES string of the molecule is O=C(O)C1CCN([C@@H](c2ccccc2)c2ccccc2O)CC1. The van der Waals surface area contributed by atoms with Gasteiger partial charge in [-0.15, -0.1) is 0 Å². The number of piperidine rings is 1. The maximum absolute atomic E-state index is 11.2. The topological polar surface area (TPSA) is 60.8 Å². The summed E-state index contributed by atoms with van der Waals surface area (Å²) in [6.07, 6.45) is 1.29. The monoisotopic (exact) mass is 311 g/mol. The first-order valence-electron chi connectivity index (χ1n) is 7.96. The summed E-state index contributed by atoms with van der Waals surface area (Å²) in [5.74, 6) is -0.683. The molecule has 1 aliphatic heterocycles. The van der Waals surface area contributed by atoms with Crippen molar-refractivity contribution < 1.29 is 15.0 Å². The molecule has 1 fully saturated rings. The second-order valence-corrected chi connectivity index (χ2v) is 6.02. The zero-order chi connectivity index (χ0) is 16.2. The molecule has 120 valence electrons. The summed E-state index contributed by atoms with van der Waals surface area (Å²) in [4.78, 5) is 13.4. The summed E-state index contributed by atoms with van der Waals surface area (Å²) in [7, 11) is 0. The second kappa shape index (κ2) is 6.84. The summed E-state index contributed by atoms with van der Waals surface area (Å²) >= 11 is 0. The number of rotatable bonds is 4. The van der Waals surface area contributed by atoms with Crippen molar-refractivity contribution in [3.8, 4) is 5.75 Å². The van der Waals surface area contributed by atoms with E-state index in [4.69, 9.17) is 0 Å². The minimum absolute atomic E-state index is 0.0489. The lowest BCUT2D eigenvalue weighted by molar-refractivity contribution is -0.143. The molecule has 2 N–H and O–H groups in total. The predicted molar refractivity (Wildman–Crippen MR) is 88.3 cm³/mol. The van der Waals surface area contributed by atoms with E-state index in [1.54, 1.807) is 6.07 Å². The Bertz CT molecular complexity index is 663. The molecule has 1 aliphatic rings. The molecule has 1 heterocycles. The zero-order valence-electron chi connectivity index (χ0n) is 12.9. The van der Waals surface area contributed by atoms with Gasteiger partial charge in [-0.2, -0.15) is 0 Å². The van der Waals surface area contributed by atoms with Crippen LogP contribution in [0.25, 0.3) is 0 Å². The summed E-state index contributed by atoms with van der Waals surface area (Å²) in [5, 5.41) is 19.5. The van der Waals surface area contributed by atoms with Gasteiger partial charge < -0.3 is 10.2 Å². The summed E-state index contributed by atoms with van der Waals surface area (Å²) in [5.41, 5.74) is 1.98. The van der Waals surface area contributed by atoms with Crippen LogP contribution in [-0.4, -0.2) is 34.2 Å². The van der Waals surface area contributed by atoms with Crippen molar-refractivity contribution in [2.24, 2.45) is 5.92 Å². The number of likely N-dealkylation sites (tertiary alicyclic amines) is 1. The number of phenolic OH excluding ortho intramolecular Hbond substituents is 1. The Labute approximate surface area is 136 Å². The van der Waals surface area contributed by atoms with E-state index < -0.39 is 5.97 Å². The molecule has 1 saturated heterocycles. The first-order chi connectivity index (χ1) is 11.2. The number of aromatic hydroxyl groups is 1. The molecule has 0 spiro atoms. The Hall–Kier alpha value is -2.33. The normalized spacial score (nSPS) is 17.7. The minimum atomic E-state index is -0.705. The summed E-state index contributed by atoms with van der Waals surface area (Å²) < 4.78 is 0. The highest BCUT2D eigenvalue weighted by molar-refractivity contribution is 5.70. The molecule has 0 unspecified atom stereocenters. The van der Waals surface area contributed by atoms with Crippen molar-refractivity contribution in [2.75, 3.05) is 13.1 Å². The highest BCUT2D eigenvalue weighted by Crippen LogP contribution is 2.36. The first kappa shape index (κ1) is 15.6. The molecule has 4 nitrogen and oxygen atoms in total. The Morgan fingerprint density at radius 2 is 1.61 bits per heavy atom. The van der Waals surface area contributed by atoms with Crippen LogP contribution in [0.5, 0.6) is 5.75 Å². The number of aliphatic carboxylic acids is 1. The van der Waals surface area contributed by atoms with Crippen LogP contribution in [0.2, 0.25) is 0 Å². The van der Waals surface area contributed by atoms with Crippen LogP contribution in [0.3, 0.4) is 0 Å². The van der Waals surface area contributed by atoms with Gasteiger partial charge in [0.15, 0.2) is 0 Å². The molecule has 0 aliphatic carbocycles. The quantitative estimate of drug-likeness (QED) is 0.909. The zero-order valence-corrected chi connectivity index (χ0v) is 12.9.